The second kappa shape index (κ2) is 3.85. The highest BCUT2D eigenvalue weighted by atomic mass is 16.6. The highest BCUT2D eigenvalue weighted by molar-refractivity contribution is 6.05. The van der Waals surface area contributed by atoms with E-state index in [1.54, 1.807) is 0 Å². The molecular formula is C8H7N5O3. The van der Waals surface area contributed by atoms with Crippen LogP contribution in [-0.2, 0) is 0 Å². The van der Waals surface area contributed by atoms with Gasteiger partial charge in [0.25, 0.3) is 5.91 Å². The minimum atomic E-state index is -0.659. The highest BCUT2D eigenvalue weighted by Gasteiger charge is 2.17. The topological polar surface area (TPSA) is 127 Å². The molecule has 0 aromatic carbocycles. The maximum atomic E-state index is 11.5. The minimum absolute atomic E-state index is 0.00917. The van der Waals surface area contributed by atoms with E-state index in [-0.39, 0.29) is 23.1 Å². The summed E-state index contributed by atoms with van der Waals surface area (Å²) in [6.07, 6.45) is 1.42. The molecule has 2 heterocycles. The highest BCUT2D eigenvalue weighted by Crippen LogP contribution is 2.19. The Morgan fingerprint density at radius 3 is 2.94 bits per heavy atom. The monoisotopic (exact) mass is 221 g/mol. The van der Waals surface area contributed by atoms with Crippen LogP contribution in [0.4, 0.5) is 11.6 Å². The second-order valence-electron chi connectivity index (χ2n) is 2.82. The minimum Gasteiger partial charge on any atom is -0.504 e. The molecule has 0 aliphatic carbocycles. The van der Waals surface area contributed by atoms with Crippen molar-refractivity contribution in [3.63, 3.8) is 0 Å². The first-order chi connectivity index (χ1) is 7.68. The first kappa shape index (κ1) is 9.90. The van der Waals surface area contributed by atoms with Crippen molar-refractivity contribution in [2.75, 3.05) is 11.1 Å². The van der Waals surface area contributed by atoms with E-state index < -0.39 is 5.91 Å². The Kier molecular flexibility index (Phi) is 2.38. The summed E-state index contributed by atoms with van der Waals surface area (Å²) in [6, 6.07) is 2.91. The van der Waals surface area contributed by atoms with E-state index in [0.717, 1.165) is 0 Å². The molecule has 8 heteroatoms. The third-order valence-corrected chi connectivity index (χ3v) is 1.75. The van der Waals surface area contributed by atoms with Crippen molar-refractivity contribution in [1.82, 2.24) is 15.3 Å². The first-order valence-corrected chi connectivity index (χ1v) is 4.22. The fourth-order valence-corrected chi connectivity index (χ4v) is 1.01. The second-order valence-corrected chi connectivity index (χ2v) is 2.82. The zero-order chi connectivity index (χ0) is 11.5. The van der Waals surface area contributed by atoms with Gasteiger partial charge in [0, 0.05) is 6.20 Å². The van der Waals surface area contributed by atoms with Crippen LogP contribution in [-0.4, -0.2) is 26.3 Å². The van der Waals surface area contributed by atoms with Gasteiger partial charge in [-0.3, -0.25) is 4.79 Å². The number of amides is 1. The predicted molar refractivity (Wildman–Crippen MR) is 52.6 cm³/mol. The Bertz CT molecular complexity index is 524. The Morgan fingerprint density at radius 2 is 2.31 bits per heavy atom. The smallest absolute Gasteiger partial charge is 0.283 e. The third-order valence-electron chi connectivity index (χ3n) is 1.75. The molecule has 0 atom stereocenters. The van der Waals surface area contributed by atoms with Gasteiger partial charge in [-0.2, -0.15) is 0 Å². The Balaban J connectivity index is 2.21. The molecule has 0 aliphatic heterocycles. The molecule has 0 spiro atoms. The molecule has 0 saturated heterocycles. The van der Waals surface area contributed by atoms with E-state index in [2.05, 4.69) is 25.2 Å². The summed E-state index contributed by atoms with van der Waals surface area (Å²) in [5.74, 6) is -0.943. The van der Waals surface area contributed by atoms with Gasteiger partial charge in [-0.1, -0.05) is 0 Å². The third kappa shape index (κ3) is 1.75. The lowest BCUT2D eigenvalue weighted by Gasteiger charge is -2.03. The van der Waals surface area contributed by atoms with Gasteiger partial charge < -0.3 is 16.2 Å². The molecule has 8 nitrogen and oxygen atoms in total. The average molecular weight is 221 g/mol. The van der Waals surface area contributed by atoms with Gasteiger partial charge in [0.15, 0.2) is 11.6 Å². The molecule has 0 fully saturated rings. The number of pyridine rings is 1. The molecule has 0 aliphatic rings. The van der Waals surface area contributed by atoms with Crippen molar-refractivity contribution in [2.45, 2.75) is 0 Å². The summed E-state index contributed by atoms with van der Waals surface area (Å²) in [5, 5.41) is 18.2. The lowest BCUT2D eigenvalue weighted by Crippen LogP contribution is -2.15. The molecule has 2 aromatic heterocycles. The Hall–Kier alpha value is -2.64. The van der Waals surface area contributed by atoms with Crippen LogP contribution in [0.1, 0.15) is 10.5 Å². The quantitative estimate of drug-likeness (QED) is 0.651. The van der Waals surface area contributed by atoms with E-state index in [9.17, 15) is 9.90 Å². The van der Waals surface area contributed by atoms with E-state index >= 15 is 0 Å². The molecule has 1 amide bonds. The number of nitrogens with two attached hydrogens (primary N) is 1. The molecule has 0 radical (unpaired) electrons. The number of carbonyl (C=O) groups excluding carboxylic acids is 1. The van der Waals surface area contributed by atoms with Crippen LogP contribution in [0.3, 0.4) is 0 Å². The SMILES string of the molecule is Nc1nonc1C(=O)Nc1ncccc1O. The lowest BCUT2D eigenvalue weighted by molar-refractivity contribution is 0.101. The maximum Gasteiger partial charge on any atom is 0.283 e. The van der Waals surface area contributed by atoms with Crippen LogP contribution in [0.25, 0.3) is 0 Å². The molecule has 82 valence electrons. The zero-order valence-corrected chi connectivity index (χ0v) is 7.91. The molecule has 16 heavy (non-hydrogen) atoms. The van der Waals surface area contributed by atoms with Gasteiger partial charge in [0.2, 0.25) is 11.5 Å². The molecule has 0 unspecified atom stereocenters. The number of aromatic nitrogens is 3. The standard InChI is InChI=1S/C8H7N5O3/c9-6-5(12-16-13-6)8(15)11-7-4(14)2-1-3-10-7/h1-3,14H,(H2,9,13)(H,10,11,15). The van der Waals surface area contributed by atoms with Crippen LogP contribution in [0.5, 0.6) is 5.75 Å². The fourth-order valence-electron chi connectivity index (χ4n) is 1.01. The van der Waals surface area contributed by atoms with Gasteiger partial charge in [-0.05, 0) is 22.4 Å². The summed E-state index contributed by atoms with van der Waals surface area (Å²) in [4.78, 5) is 15.3. The van der Waals surface area contributed by atoms with Crippen molar-refractivity contribution >= 4 is 17.5 Å². The van der Waals surface area contributed by atoms with E-state index in [1.165, 1.54) is 18.3 Å². The van der Waals surface area contributed by atoms with Crippen molar-refractivity contribution in [3.05, 3.63) is 24.0 Å². The number of nitrogens with one attached hydrogen (secondary N) is 1. The number of nitrogens with zero attached hydrogens (tertiary/aromatic N) is 3. The predicted octanol–water partition coefficient (Wildman–Crippen LogP) is 0.00470. The van der Waals surface area contributed by atoms with E-state index in [0.29, 0.717) is 0 Å². The number of anilines is 2. The van der Waals surface area contributed by atoms with Gasteiger partial charge in [0.1, 0.15) is 0 Å². The van der Waals surface area contributed by atoms with Crippen molar-refractivity contribution in [3.8, 4) is 5.75 Å². The Morgan fingerprint density at radius 1 is 1.50 bits per heavy atom. The molecule has 2 rings (SSSR count). The maximum absolute atomic E-state index is 11.5. The summed E-state index contributed by atoms with van der Waals surface area (Å²) in [6.45, 7) is 0. The summed E-state index contributed by atoms with van der Waals surface area (Å²) in [5.41, 5.74) is 5.16. The number of aromatic hydroxyl groups is 1. The van der Waals surface area contributed by atoms with Crippen molar-refractivity contribution in [2.24, 2.45) is 0 Å². The van der Waals surface area contributed by atoms with Gasteiger partial charge in [-0.25, -0.2) is 9.61 Å². The van der Waals surface area contributed by atoms with Crippen LogP contribution >= 0.6 is 0 Å². The van der Waals surface area contributed by atoms with E-state index in [1.807, 2.05) is 0 Å². The largest absolute Gasteiger partial charge is 0.504 e. The zero-order valence-electron chi connectivity index (χ0n) is 7.91. The summed E-state index contributed by atoms with van der Waals surface area (Å²) in [7, 11) is 0. The lowest BCUT2D eigenvalue weighted by atomic mass is 10.3. The van der Waals surface area contributed by atoms with Crippen LogP contribution in [0.2, 0.25) is 0 Å². The first-order valence-electron chi connectivity index (χ1n) is 4.22. The molecular weight excluding hydrogens is 214 g/mol. The molecule has 2 aromatic rings. The summed E-state index contributed by atoms with van der Waals surface area (Å²) < 4.78 is 4.27. The van der Waals surface area contributed by atoms with Crippen LogP contribution in [0.15, 0.2) is 23.0 Å². The number of hydrogen-bond acceptors (Lipinski definition) is 7. The molecule has 4 N–H and O–H groups in total. The van der Waals surface area contributed by atoms with Crippen LogP contribution < -0.4 is 11.1 Å². The number of hydrogen-bond donors (Lipinski definition) is 3. The van der Waals surface area contributed by atoms with Crippen LogP contribution in [0, 0.1) is 0 Å². The summed E-state index contributed by atoms with van der Waals surface area (Å²) >= 11 is 0. The molecule has 0 bridgehead atoms. The van der Waals surface area contributed by atoms with Gasteiger partial charge >= 0.3 is 0 Å². The van der Waals surface area contributed by atoms with Gasteiger partial charge in [0.05, 0.1) is 0 Å². The van der Waals surface area contributed by atoms with E-state index in [4.69, 9.17) is 5.73 Å². The number of nitrogen functional groups attached to an aromatic ring is 1. The number of carbonyl (C=O) groups is 1. The fraction of sp³-hybridized carbons (Fsp3) is 0. The van der Waals surface area contributed by atoms with Crippen molar-refractivity contribution < 1.29 is 14.5 Å². The van der Waals surface area contributed by atoms with Crippen molar-refractivity contribution in [1.29, 1.82) is 0 Å². The van der Waals surface area contributed by atoms with Gasteiger partial charge in [-0.15, -0.1) is 0 Å². The molecule has 0 saturated carbocycles. The normalized spacial score (nSPS) is 10.0. The Labute approximate surface area is 89.1 Å². The number of rotatable bonds is 2. The average Bonchev–Trinajstić information content (AvgIpc) is 2.68.